The van der Waals surface area contributed by atoms with Crippen LogP contribution in [0.1, 0.15) is 0 Å². The normalized spacial score (nSPS) is 12.7. The predicted molar refractivity (Wildman–Crippen MR) is 217 cm³/mol. The van der Waals surface area contributed by atoms with Crippen LogP contribution in [0.4, 0.5) is 0 Å². The van der Waals surface area contributed by atoms with Crippen molar-refractivity contribution in [2.75, 3.05) is 0 Å². The fourth-order valence-corrected chi connectivity index (χ4v) is 11.2. The molecule has 0 atom stereocenters. The topological polar surface area (TPSA) is 25.8 Å². The first-order chi connectivity index (χ1) is 25.0. The molecule has 1 aliphatic rings. The maximum Gasteiger partial charge on any atom is 0.160 e. The van der Waals surface area contributed by atoms with Crippen LogP contribution in [0.3, 0.4) is 0 Å². The van der Waals surface area contributed by atoms with Gasteiger partial charge in [-0.05, 0) is 67.0 Å². The molecule has 0 N–H and O–H groups in total. The van der Waals surface area contributed by atoms with Gasteiger partial charge in [-0.15, -0.1) is 0 Å². The van der Waals surface area contributed by atoms with Gasteiger partial charge in [-0.2, -0.15) is 0 Å². The number of nitrogens with zero attached hydrogens (tertiary/aromatic N) is 2. The highest BCUT2D eigenvalue weighted by atomic mass is 28.3. The highest BCUT2D eigenvalue weighted by Gasteiger charge is 2.39. The standard InChI is InChI=1S/C48H36N2Si/c1-51(2)46-22-10-9-19-42(46)43-21-12-20-41(47(43)51)36-27-23-34(24-28-36)35-25-29-37(30-26-35)44-32-45(50-48(49-44)38-15-7-4-8-16-38)40-18-11-17-39(31-40)33-13-5-3-6-14-33/h3-32H,1-2H3. The van der Waals surface area contributed by atoms with Crippen LogP contribution in [0.5, 0.6) is 0 Å². The summed E-state index contributed by atoms with van der Waals surface area (Å²) in [7, 11) is -1.81. The number of hydrogen-bond donors (Lipinski definition) is 0. The Hall–Kier alpha value is -6.16. The van der Waals surface area contributed by atoms with Crippen LogP contribution in [0.2, 0.25) is 13.1 Å². The fourth-order valence-electron chi connectivity index (χ4n) is 7.71. The molecule has 0 spiro atoms. The van der Waals surface area contributed by atoms with Gasteiger partial charge >= 0.3 is 0 Å². The van der Waals surface area contributed by atoms with Gasteiger partial charge in [0.15, 0.2) is 5.82 Å². The lowest BCUT2D eigenvalue weighted by molar-refractivity contribution is 1.18. The quantitative estimate of drug-likeness (QED) is 0.165. The second kappa shape index (κ2) is 12.6. The van der Waals surface area contributed by atoms with E-state index in [4.69, 9.17) is 9.97 Å². The van der Waals surface area contributed by atoms with Crippen LogP contribution in [-0.4, -0.2) is 18.0 Å². The van der Waals surface area contributed by atoms with Gasteiger partial charge in [0.25, 0.3) is 0 Å². The molecule has 0 bridgehead atoms. The molecule has 242 valence electrons. The summed E-state index contributed by atoms with van der Waals surface area (Å²) < 4.78 is 0. The number of rotatable bonds is 6. The van der Waals surface area contributed by atoms with Gasteiger partial charge in [0.1, 0.15) is 8.07 Å². The van der Waals surface area contributed by atoms with Crippen LogP contribution in [0.15, 0.2) is 182 Å². The monoisotopic (exact) mass is 668 g/mol. The van der Waals surface area contributed by atoms with Gasteiger partial charge < -0.3 is 0 Å². The van der Waals surface area contributed by atoms with Crippen molar-refractivity contribution in [3.63, 3.8) is 0 Å². The first-order valence-corrected chi connectivity index (χ1v) is 20.6. The summed E-state index contributed by atoms with van der Waals surface area (Å²) >= 11 is 0. The smallest absolute Gasteiger partial charge is 0.160 e. The summed E-state index contributed by atoms with van der Waals surface area (Å²) in [6, 6.07) is 65.1. The Morgan fingerprint density at radius 1 is 0.333 bits per heavy atom. The van der Waals surface area contributed by atoms with Gasteiger partial charge in [-0.1, -0.05) is 183 Å². The predicted octanol–water partition coefficient (Wildman–Crippen LogP) is 11.3. The average Bonchev–Trinajstić information content (AvgIpc) is 3.45. The van der Waals surface area contributed by atoms with Gasteiger partial charge in [0.2, 0.25) is 0 Å². The van der Waals surface area contributed by atoms with Gasteiger partial charge in [0, 0.05) is 16.7 Å². The summed E-state index contributed by atoms with van der Waals surface area (Å²) in [6.07, 6.45) is 0. The van der Waals surface area contributed by atoms with E-state index in [2.05, 4.69) is 171 Å². The molecule has 2 heterocycles. The van der Waals surface area contributed by atoms with Crippen molar-refractivity contribution in [2.24, 2.45) is 0 Å². The third kappa shape index (κ3) is 5.62. The van der Waals surface area contributed by atoms with Gasteiger partial charge in [-0.3, -0.25) is 0 Å². The second-order valence-corrected chi connectivity index (χ2v) is 18.1. The van der Waals surface area contributed by atoms with Crippen LogP contribution >= 0.6 is 0 Å². The molecule has 3 heteroatoms. The third-order valence-electron chi connectivity index (χ3n) is 10.3. The Bertz CT molecular complexity index is 2520. The summed E-state index contributed by atoms with van der Waals surface area (Å²) in [5.41, 5.74) is 15.1. The van der Waals surface area contributed by atoms with E-state index in [0.29, 0.717) is 0 Å². The van der Waals surface area contributed by atoms with Crippen LogP contribution < -0.4 is 10.4 Å². The molecule has 51 heavy (non-hydrogen) atoms. The van der Waals surface area contributed by atoms with Crippen molar-refractivity contribution in [1.82, 2.24) is 9.97 Å². The molecule has 0 fully saturated rings. The lowest BCUT2D eigenvalue weighted by Crippen LogP contribution is -2.50. The minimum absolute atomic E-state index is 0.717. The van der Waals surface area contributed by atoms with Crippen molar-refractivity contribution in [2.45, 2.75) is 13.1 Å². The first-order valence-electron chi connectivity index (χ1n) is 17.6. The third-order valence-corrected chi connectivity index (χ3v) is 13.9. The van der Waals surface area contributed by atoms with E-state index in [9.17, 15) is 0 Å². The van der Waals surface area contributed by atoms with E-state index in [1.165, 1.54) is 44.1 Å². The highest BCUT2D eigenvalue weighted by molar-refractivity contribution is 7.04. The van der Waals surface area contributed by atoms with E-state index in [1.807, 2.05) is 24.3 Å². The molecule has 7 aromatic carbocycles. The minimum atomic E-state index is -1.81. The molecule has 2 nitrogen and oxygen atoms in total. The Balaban J connectivity index is 1.05. The highest BCUT2D eigenvalue weighted by Crippen LogP contribution is 2.35. The lowest BCUT2D eigenvalue weighted by Gasteiger charge is -2.22. The first kappa shape index (κ1) is 30.9. The van der Waals surface area contributed by atoms with Crippen LogP contribution in [-0.2, 0) is 0 Å². The van der Waals surface area contributed by atoms with E-state index in [1.54, 1.807) is 5.19 Å². The van der Waals surface area contributed by atoms with Gasteiger partial charge in [0.05, 0.1) is 11.4 Å². The van der Waals surface area contributed by atoms with Crippen molar-refractivity contribution >= 4 is 18.4 Å². The van der Waals surface area contributed by atoms with Crippen molar-refractivity contribution in [3.8, 4) is 78.4 Å². The summed E-state index contributed by atoms with van der Waals surface area (Å²) in [5, 5.41) is 3.09. The van der Waals surface area contributed by atoms with E-state index in [0.717, 1.165) is 39.5 Å². The Kier molecular flexibility index (Phi) is 7.64. The number of benzene rings is 7. The molecule has 1 aliphatic heterocycles. The summed E-state index contributed by atoms with van der Waals surface area (Å²) in [5.74, 6) is 0.717. The second-order valence-electron chi connectivity index (χ2n) is 13.8. The summed E-state index contributed by atoms with van der Waals surface area (Å²) in [6.45, 7) is 4.98. The molecule has 1 aromatic heterocycles. The molecule has 0 radical (unpaired) electrons. The van der Waals surface area contributed by atoms with Crippen LogP contribution in [0.25, 0.3) is 78.4 Å². The van der Waals surface area contributed by atoms with Gasteiger partial charge in [-0.25, -0.2) is 9.97 Å². The minimum Gasteiger partial charge on any atom is -0.228 e. The molecule has 0 aliphatic carbocycles. The van der Waals surface area contributed by atoms with E-state index >= 15 is 0 Å². The fraction of sp³-hybridized carbons (Fsp3) is 0.0417. The Morgan fingerprint density at radius 3 is 1.51 bits per heavy atom. The SMILES string of the molecule is C[Si]1(C)c2ccccc2-c2cccc(-c3ccc(-c4ccc(-c5cc(-c6cccc(-c7ccccc7)c6)nc(-c6ccccc6)n5)cc4)cc3)c21. The molecule has 0 unspecified atom stereocenters. The molecule has 0 saturated carbocycles. The largest absolute Gasteiger partial charge is 0.228 e. The molecular weight excluding hydrogens is 633 g/mol. The Labute approximate surface area is 300 Å². The zero-order valence-electron chi connectivity index (χ0n) is 28.7. The molecule has 0 saturated heterocycles. The van der Waals surface area contributed by atoms with Crippen molar-refractivity contribution in [3.05, 3.63) is 182 Å². The average molecular weight is 669 g/mol. The van der Waals surface area contributed by atoms with Crippen molar-refractivity contribution in [1.29, 1.82) is 0 Å². The maximum absolute atomic E-state index is 5.07. The molecule has 8 aromatic rings. The number of hydrogen-bond acceptors (Lipinski definition) is 2. The van der Waals surface area contributed by atoms with Crippen molar-refractivity contribution < 1.29 is 0 Å². The van der Waals surface area contributed by atoms with E-state index < -0.39 is 8.07 Å². The number of aromatic nitrogens is 2. The summed E-state index contributed by atoms with van der Waals surface area (Å²) in [4.78, 5) is 10.1. The zero-order valence-corrected chi connectivity index (χ0v) is 29.7. The maximum atomic E-state index is 5.07. The molecule has 0 amide bonds. The zero-order chi connectivity index (χ0) is 34.4. The molecular formula is C48H36N2Si. The van der Waals surface area contributed by atoms with E-state index in [-0.39, 0.29) is 0 Å². The molecule has 9 rings (SSSR count). The number of fused-ring (bicyclic) bond motifs is 3. The Morgan fingerprint density at radius 2 is 0.804 bits per heavy atom. The van der Waals surface area contributed by atoms with Crippen LogP contribution in [0, 0.1) is 0 Å². The lowest BCUT2D eigenvalue weighted by atomic mass is 9.96.